The lowest BCUT2D eigenvalue weighted by molar-refractivity contribution is 0.114. The summed E-state index contributed by atoms with van der Waals surface area (Å²) in [7, 11) is 0. The topological polar surface area (TPSA) is 41.1 Å². The van der Waals surface area contributed by atoms with Crippen molar-refractivity contribution in [3.8, 4) is 0 Å². The summed E-state index contributed by atoms with van der Waals surface area (Å²) in [5.74, 6) is 1.80. The van der Waals surface area contributed by atoms with Crippen LogP contribution in [0.4, 0.5) is 0 Å². The first-order valence-corrected chi connectivity index (χ1v) is 6.14. The first-order valence-electron chi connectivity index (χ1n) is 6.14. The summed E-state index contributed by atoms with van der Waals surface area (Å²) in [4.78, 5) is 11.2. The van der Waals surface area contributed by atoms with Crippen LogP contribution in [0.3, 0.4) is 0 Å². The Morgan fingerprint density at radius 1 is 1.31 bits per heavy atom. The molecule has 0 aliphatic carbocycles. The minimum absolute atomic E-state index is 0.706. The van der Waals surface area contributed by atoms with Gasteiger partial charge in [0.1, 0.15) is 5.82 Å². The molecule has 0 spiro atoms. The third kappa shape index (κ3) is 1.95. The molecule has 0 aromatic carbocycles. The Labute approximate surface area is 96.1 Å². The maximum atomic E-state index is 4.31. The standard InChI is InChI=1S/C12H18N4/c1-3-10-7-13-8-11(10)16(6-1)9-12-14-4-2-5-15-12/h2,4-5,10-11,13H,1,3,6-9H2. The maximum absolute atomic E-state index is 4.31. The number of rotatable bonds is 2. The lowest BCUT2D eigenvalue weighted by atomic mass is 9.92. The van der Waals surface area contributed by atoms with Crippen molar-refractivity contribution in [2.45, 2.75) is 25.4 Å². The van der Waals surface area contributed by atoms with Crippen LogP contribution in [0.2, 0.25) is 0 Å². The van der Waals surface area contributed by atoms with Gasteiger partial charge >= 0.3 is 0 Å². The fourth-order valence-corrected chi connectivity index (χ4v) is 2.95. The average Bonchev–Trinajstić information content (AvgIpc) is 2.80. The summed E-state index contributed by atoms with van der Waals surface area (Å²) in [6, 6.07) is 2.58. The van der Waals surface area contributed by atoms with E-state index >= 15 is 0 Å². The number of hydrogen-bond acceptors (Lipinski definition) is 4. The van der Waals surface area contributed by atoms with Crippen LogP contribution in [0.5, 0.6) is 0 Å². The molecule has 2 aliphatic heterocycles. The number of aromatic nitrogens is 2. The molecule has 3 heterocycles. The van der Waals surface area contributed by atoms with E-state index in [1.807, 2.05) is 18.5 Å². The van der Waals surface area contributed by atoms with Gasteiger partial charge < -0.3 is 5.32 Å². The van der Waals surface area contributed by atoms with Crippen LogP contribution in [0, 0.1) is 5.92 Å². The van der Waals surface area contributed by atoms with Crippen molar-refractivity contribution in [2.24, 2.45) is 5.92 Å². The molecule has 16 heavy (non-hydrogen) atoms. The summed E-state index contributed by atoms with van der Waals surface area (Å²) in [6.07, 6.45) is 6.35. The lowest BCUT2D eigenvalue weighted by Crippen LogP contribution is -2.44. The highest BCUT2D eigenvalue weighted by Crippen LogP contribution is 2.26. The Balaban J connectivity index is 1.70. The number of hydrogen-bond donors (Lipinski definition) is 1. The Hall–Kier alpha value is -1.00. The molecule has 86 valence electrons. The smallest absolute Gasteiger partial charge is 0.142 e. The van der Waals surface area contributed by atoms with Crippen molar-refractivity contribution in [2.75, 3.05) is 19.6 Å². The number of fused-ring (bicyclic) bond motifs is 1. The molecule has 0 radical (unpaired) electrons. The molecular weight excluding hydrogens is 200 g/mol. The van der Waals surface area contributed by atoms with Crippen molar-refractivity contribution in [3.05, 3.63) is 24.3 Å². The van der Waals surface area contributed by atoms with Gasteiger partial charge in [0, 0.05) is 25.0 Å². The summed E-state index contributed by atoms with van der Waals surface area (Å²) in [5, 5.41) is 3.50. The molecule has 2 aliphatic rings. The van der Waals surface area contributed by atoms with Gasteiger partial charge in [0.05, 0.1) is 6.54 Å². The summed E-state index contributed by atoms with van der Waals surface area (Å²) >= 11 is 0. The molecular formula is C12H18N4. The summed E-state index contributed by atoms with van der Waals surface area (Å²) in [5.41, 5.74) is 0. The molecule has 0 bridgehead atoms. The molecule has 3 rings (SSSR count). The molecule has 2 saturated heterocycles. The van der Waals surface area contributed by atoms with Crippen molar-refractivity contribution >= 4 is 0 Å². The van der Waals surface area contributed by atoms with Gasteiger partial charge in [0.15, 0.2) is 0 Å². The van der Waals surface area contributed by atoms with E-state index in [4.69, 9.17) is 0 Å². The molecule has 1 aromatic heterocycles. The van der Waals surface area contributed by atoms with Crippen molar-refractivity contribution in [3.63, 3.8) is 0 Å². The first-order chi connectivity index (χ1) is 7.93. The Bertz CT molecular complexity index is 340. The van der Waals surface area contributed by atoms with Gasteiger partial charge in [-0.15, -0.1) is 0 Å². The van der Waals surface area contributed by atoms with Crippen LogP contribution in [-0.4, -0.2) is 40.5 Å². The molecule has 2 fully saturated rings. The van der Waals surface area contributed by atoms with Crippen molar-refractivity contribution < 1.29 is 0 Å². The number of nitrogens with zero attached hydrogens (tertiary/aromatic N) is 3. The van der Waals surface area contributed by atoms with Crippen LogP contribution < -0.4 is 5.32 Å². The third-order valence-electron chi connectivity index (χ3n) is 3.76. The van der Waals surface area contributed by atoms with E-state index in [0.29, 0.717) is 6.04 Å². The van der Waals surface area contributed by atoms with E-state index in [1.165, 1.54) is 25.9 Å². The zero-order valence-electron chi connectivity index (χ0n) is 9.47. The highest BCUT2D eigenvalue weighted by molar-refractivity contribution is 4.95. The molecule has 1 aromatic rings. The first kappa shape index (κ1) is 10.2. The molecule has 4 heteroatoms. The van der Waals surface area contributed by atoms with Gasteiger partial charge in [-0.2, -0.15) is 0 Å². The van der Waals surface area contributed by atoms with Crippen molar-refractivity contribution in [1.82, 2.24) is 20.2 Å². The van der Waals surface area contributed by atoms with Gasteiger partial charge in [-0.25, -0.2) is 9.97 Å². The maximum Gasteiger partial charge on any atom is 0.142 e. The van der Waals surface area contributed by atoms with Gasteiger partial charge in [-0.3, -0.25) is 4.90 Å². The fourth-order valence-electron chi connectivity index (χ4n) is 2.95. The van der Waals surface area contributed by atoms with E-state index in [1.54, 1.807) is 0 Å². The number of nitrogens with one attached hydrogen (secondary N) is 1. The van der Waals surface area contributed by atoms with E-state index < -0.39 is 0 Å². The van der Waals surface area contributed by atoms with E-state index in [2.05, 4.69) is 20.2 Å². The average molecular weight is 218 g/mol. The molecule has 0 saturated carbocycles. The van der Waals surface area contributed by atoms with Gasteiger partial charge in [0.2, 0.25) is 0 Å². The highest BCUT2D eigenvalue weighted by Gasteiger charge is 2.34. The SMILES string of the molecule is c1cnc(CN2CCCC3CNCC32)nc1. The lowest BCUT2D eigenvalue weighted by Gasteiger charge is -2.36. The van der Waals surface area contributed by atoms with E-state index in [0.717, 1.165) is 24.8 Å². The molecule has 1 N–H and O–H groups in total. The summed E-state index contributed by atoms with van der Waals surface area (Å²) in [6.45, 7) is 4.43. The second-order valence-corrected chi connectivity index (χ2v) is 4.76. The largest absolute Gasteiger partial charge is 0.315 e. The van der Waals surface area contributed by atoms with Crippen LogP contribution in [0.1, 0.15) is 18.7 Å². The van der Waals surface area contributed by atoms with E-state index in [9.17, 15) is 0 Å². The molecule has 2 unspecified atom stereocenters. The quantitative estimate of drug-likeness (QED) is 0.792. The Kier molecular flexibility index (Phi) is 2.84. The Morgan fingerprint density at radius 3 is 3.06 bits per heavy atom. The van der Waals surface area contributed by atoms with Gasteiger partial charge in [-0.1, -0.05) is 0 Å². The predicted octanol–water partition coefficient (Wildman–Crippen LogP) is 0.660. The normalized spacial score (nSPS) is 30.2. The number of likely N-dealkylation sites (tertiary alicyclic amines) is 1. The van der Waals surface area contributed by atoms with Crippen LogP contribution >= 0.6 is 0 Å². The fraction of sp³-hybridized carbons (Fsp3) is 0.667. The highest BCUT2D eigenvalue weighted by atomic mass is 15.2. The second kappa shape index (κ2) is 4.47. The third-order valence-corrected chi connectivity index (χ3v) is 3.76. The number of piperidine rings is 1. The summed E-state index contributed by atoms with van der Waals surface area (Å²) < 4.78 is 0. The molecule has 2 atom stereocenters. The van der Waals surface area contributed by atoms with Crippen LogP contribution in [0.15, 0.2) is 18.5 Å². The monoisotopic (exact) mass is 218 g/mol. The van der Waals surface area contributed by atoms with Crippen LogP contribution in [-0.2, 0) is 6.54 Å². The minimum atomic E-state index is 0.706. The van der Waals surface area contributed by atoms with E-state index in [-0.39, 0.29) is 0 Å². The minimum Gasteiger partial charge on any atom is -0.315 e. The predicted molar refractivity (Wildman–Crippen MR) is 61.8 cm³/mol. The van der Waals surface area contributed by atoms with Crippen molar-refractivity contribution in [1.29, 1.82) is 0 Å². The Morgan fingerprint density at radius 2 is 2.19 bits per heavy atom. The molecule has 0 amide bonds. The second-order valence-electron chi connectivity index (χ2n) is 4.76. The van der Waals surface area contributed by atoms with Crippen LogP contribution in [0.25, 0.3) is 0 Å². The molecule has 4 nitrogen and oxygen atoms in total. The zero-order chi connectivity index (χ0) is 10.8. The van der Waals surface area contributed by atoms with Gasteiger partial charge in [0.25, 0.3) is 0 Å². The van der Waals surface area contributed by atoms with Gasteiger partial charge in [-0.05, 0) is 37.9 Å². The zero-order valence-corrected chi connectivity index (χ0v) is 9.47.